The summed E-state index contributed by atoms with van der Waals surface area (Å²) >= 11 is 1.80. The molecule has 0 aliphatic carbocycles. The van der Waals surface area contributed by atoms with Gasteiger partial charge in [0.05, 0.1) is 11.4 Å². The average molecular weight is 302 g/mol. The van der Waals surface area contributed by atoms with E-state index >= 15 is 0 Å². The molecule has 1 aliphatic heterocycles. The molecule has 0 bridgehead atoms. The van der Waals surface area contributed by atoms with Gasteiger partial charge >= 0.3 is 0 Å². The summed E-state index contributed by atoms with van der Waals surface area (Å²) in [7, 11) is 0. The lowest BCUT2D eigenvalue weighted by Gasteiger charge is -2.38. The zero-order valence-corrected chi connectivity index (χ0v) is 13.5. The van der Waals surface area contributed by atoms with E-state index in [0.717, 1.165) is 10.6 Å². The van der Waals surface area contributed by atoms with Gasteiger partial charge in [0.15, 0.2) is 5.89 Å². The van der Waals surface area contributed by atoms with E-state index in [1.54, 1.807) is 30.5 Å². The molecule has 0 atom stereocenters. The maximum atomic E-state index is 12.9. The fourth-order valence-electron chi connectivity index (χ4n) is 2.60. The van der Waals surface area contributed by atoms with Gasteiger partial charge in [-0.15, -0.1) is 11.8 Å². The molecule has 0 saturated carbocycles. The minimum absolute atomic E-state index is 0.0347. The van der Waals surface area contributed by atoms with Crippen LogP contribution in [0.2, 0.25) is 0 Å². The van der Waals surface area contributed by atoms with Crippen LogP contribution in [-0.4, -0.2) is 22.2 Å². The number of nitrogens with zero attached hydrogens (tertiary/aromatic N) is 2. The summed E-state index contributed by atoms with van der Waals surface area (Å²) in [6, 6.07) is 7.99. The molecule has 0 spiro atoms. The third-order valence-electron chi connectivity index (χ3n) is 3.42. The fraction of sp³-hybridized carbons (Fsp3) is 0.375. The largest absolute Gasteiger partial charge is 0.436 e. The Morgan fingerprint density at radius 1 is 1.33 bits per heavy atom. The van der Waals surface area contributed by atoms with E-state index in [2.05, 4.69) is 24.9 Å². The molecule has 1 aliphatic rings. The van der Waals surface area contributed by atoms with Crippen molar-refractivity contribution in [1.82, 2.24) is 4.98 Å². The lowest BCUT2D eigenvalue weighted by Crippen LogP contribution is -2.43. The summed E-state index contributed by atoms with van der Waals surface area (Å²) in [6.45, 7) is 8.50. The van der Waals surface area contributed by atoms with Gasteiger partial charge in [0, 0.05) is 23.1 Å². The number of aryl methyl sites for hydroxylation is 2. The van der Waals surface area contributed by atoms with Crippen LogP contribution in [0.4, 0.5) is 5.69 Å². The van der Waals surface area contributed by atoms with E-state index in [-0.39, 0.29) is 10.7 Å². The minimum atomic E-state index is -0.117. The summed E-state index contributed by atoms with van der Waals surface area (Å²) in [5, 5.41) is 0. The van der Waals surface area contributed by atoms with Crippen molar-refractivity contribution >= 4 is 23.4 Å². The zero-order chi connectivity index (χ0) is 15.2. The normalized spacial score (nSPS) is 16.7. The van der Waals surface area contributed by atoms with Gasteiger partial charge in [-0.2, -0.15) is 0 Å². The lowest BCUT2D eigenvalue weighted by molar-refractivity contribution is 0.0955. The average Bonchev–Trinajstić information content (AvgIpc) is 2.75. The van der Waals surface area contributed by atoms with Gasteiger partial charge in [0.25, 0.3) is 5.91 Å². The van der Waals surface area contributed by atoms with E-state index in [0.29, 0.717) is 23.9 Å². The lowest BCUT2D eigenvalue weighted by atomic mass is 10.1. The number of amides is 1. The number of rotatable bonds is 1. The van der Waals surface area contributed by atoms with Crippen LogP contribution in [0.15, 0.2) is 33.6 Å². The van der Waals surface area contributed by atoms with Gasteiger partial charge in [-0.1, -0.05) is 12.1 Å². The monoisotopic (exact) mass is 302 g/mol. The van der Waals surface area contributed by atoms with E-state index in [4.69, 9.17) is 4.42 Å². The maximum absolute atomic E-state index is 12.9. The first kappa shape index (κ1) is 14.2. The van der Waals surface area contributed by atoms with Gasteiger partial charge in [-0.05, 0) is 32.9 Å². The van der Waals surface area contributed by atoms with Crippen molar-refractivity contribution in [1.29, 1.82) is 0 Å². The molecule has 0 saturated heterocycles. The molecule has 0 N–H and O–H groups in total. The van der Waals surface area contributed by atoms with Crippen LogP contribution in [0.3, 0.4) is 0 Å². The SMILES string of the molecule is Cc1nc(C)c(C(=O)N2CC(C)(C)Sc3ccccc32)o1. The number of anilines is 1. The molecule has 1 amide bonds. The van der Waals surface area contributed by atoms with Gasteiger partial charge in [0.1, 0.15) is 0 Å². The molecule has 4 nitrogen and oxygen atoms in total. The second kappa shape index (κ2) is 4.91. The predicted molar refractivity (Wildman–Crippen MR) is 84.0 cm³/mol. The standard InChI is InChI=1S/C16H18N2O2S/c1-10-14(20-11(2)17-10)15(19)18-9-16(3,4)21-13-8-6-5-7-12(13)18/h5-8H,9H2,1-4H3. The Morgan fingerprint density at radius 2 is 2.05 bits per heavy atom. The highest BCUT2D eigenvalue weighted by atomic mass is 32.2. The Hall–Kier alpha value is -1.75. The molecular weight excluding hydrogens is 284 g/mol. The van der Waals surface area contributed by atoms with E-state index < -0.39 is 0 Å². The number of carbonyl (C=O) groups excluding carboxylic acids is 1. The van der Waals surface area contributed by atoms with Crippen LogP contribution >= 0.6 is 11.8 Å². The molecule has 0 radical (unpaired) electrons. The zero-order valence-electron chi connectivity index (χ0n) is 12.6. The van der Waals surface area contributed by atoms with Crippen LogP contribution in [0, 0.1) is 13.8 Å². The highest BCUT2D eigenvalue weighted by Gasteiger charge is 2.36. The van der Waals surface area contributed by atoms with Crippen molar-refractivity contribution in [2.45, 2.75) is 37.3 Å². The number of fused-ring (bicyclic) bond motifs is 1. The number of aromatic nitrogens is 1. The molecule has 21 heavy (non-hydrogen) atoms. The molecule has 0 fully saturated rings. The summed E-state index contributed by atoms with van der Waals surface area (Å²) in [5.74, 6) is 0.744. The second-order valence-electron chi connectivity index (χ2n) is 5.87. The van der Waals surface area contributed by atoms with Crippen molar-refractivity contribution in [3.63, 3.8) is 0 Å². The molecule has 0 unspecified atom stereocenters. The number of oxazole rings is 1. The Balaban J connectivity index is 2.05. The third kappa shape index (κ3) is 2.58. The van der Waals surface area contributed by atoms with Crippen molar-refractivity contribution < 1.29 is 9.21 Å². The number of benzene rings is 1. The van der Waals surface area contributed by atoms with Crippen molar-refractivity contribution in [3.8, 4) is 0 Å². The molecule has 2 aromatic rings. The quantitative estimate of drug-likeness (QED) is 0.803. The molecule has 3 rings (SSSR count). The Bertz CT molecular complexity index is 706. The first-order chi connectivity index (χ1) is 9.87. The maximum Gasteiger partial charge on any atom is 0.296 e. The summed E-state index contributed by atoms with van der Waals surface area (Å²) in [4.78, 5) is 20.0. The Labute approximate surface area is 128 Å². The highest BCUT2D eigenvalue weighted by Crippen LogP contribution is 2.44. The number of carbonyl (C=O) groups is 1. The highest BCUT2D eigenvalue weighted by molar-refractivity contribution is 8.00. The molecule has 2 heterocycles. The van der Waals surface area contributed by atoms with E-state index in [9.17, 15) is 4.79 Å². The second-order valence-corrected chi connectivity index (χ2v) is 7.62. The van der Waals surface area contributed by atoms with Crippen molar-refractivity contribution in [2.24, 2.45) is 0 Å². The predicted octanol–water partition coefficient (Wildman–Crippen LogP) is 3.82. The minimum Gasteiger partial charge on any atom is -0.436 e. The number of para-hydroxylation sites is 1. The molecule has 5 heteroatoms. The van der Waals surface area contributed by atoms with E-state index in [1.807, 2.05) is 18.2 Å². The molecular formula is C16H18N2O2S. The fourth-order valence-corrected chi connectivity index (χ4v) is 3.81. The topological polar surface area (TPSA) is 46.3 Å². The number of hydrogen-bond acceptors (Lipinski definition) is 4. The van der Waals surface area contributed by atoms with Crippen LogP contribution in [-0.2, 0) is 0 Å². The Kier molecular flexibility index (Phi) is 3.32. The summed E-state index contributed by atoms with van der Waals surface area (Å²) in [6.07, 6.45) is 0. The van der Waals surface area contributed by atoms with Crippen LogP contribution < -0.4 is 4.90 Å². The van der Waals surface area contributed by atoms with Crippen LogP contribution in [0.5, 0.6) is 0 Å². The van der Waals surface area contributed by atoms with Crippen LogP contribution in [0.25, 0.3) is 0 Å². The molecule has 110 valence electrons. The smallest absolute Gasteiger partial charge is 0.296 e. The number of thioether (sulfide) groups is 1. The Morgan fingerprint density at radius 3 is 2.71 bits per heavy atom. The van der Waals surface area contributed by atoms with Gasteiger partial charge in [0.2, 0.25) is 5.76 Å². The van der Waals surface area contributed by atoms with Gasteiger partial charge in [-0.3, -0.25) is 4.79 Å². The first-order valence-corrected chi connectivity index (χ1v) is 7.73. The number of hydrogen-bond donors (Lipinski definition) is 0. The van der Waals surface area contributed by atoms with Gasteiger partial charge in [-0.25, -0.2) is 4.98 Å². The van der Waals surface area contributed by atoms with Crippen LogP contribution in [0.1, 0.15) is 36.0 Å². The summed E-state index contributed by atoms with van der Waals surface area (Å²) in [5.41, 5.74) is 1.59. The molecule has 1 aromatic heterocycles. The first-order valence-electron chi connectivity index (χ1n) is 6.91. The third-order valence-corrected chi connectivity index (χ3v) is 4.67. The van der Waals surface area contributed by atoms with Crippen molar-refractivity contribution in [2.75, 3.05) is 11.4 Å². The summed E-state index contributed by atoms with van der Waals surface area (Å²) < 4.78 is 5.47. The van der Waals surface area contributed by atoms with Crippen molar-refractivity contribution in [3.05, 3.63) is 41.6 Å². The molecule has 1 aromatic carbocycles. The van der Waals surface area contributed by atoms with Gasteiger partial charge < -0.3 is 9.32 Å². The van der Waals surface area contributed by atoms with E-state index in [1.165, 1.54) is 0 Å².